The topological polar surface area (TPSA) is 90.0 Å². The third-order valence-electron chi connectivity index (χ3n) is 4.94. The van der Waals surface area contributed by atoms with Gasteiger partial charge in [-0.3, -0.25) is 0 Å². The highest BCUT2D eigenvalue weighted by atomic mass is 32.2. The predicted molar refractivity (Wildman–Crippen MR) is 99.0 cm³/mol. The number of carbonyl (C=O) groups is 2. The van der Waals surface area contributed by atoms with Crippen molar-refractivity contribution in [3.8, 4) is 0 Å². The molecule has 1 atom stereocenters. The number of hydrogen-bond donors (Lipinski definition) is 0. The summed E-state index contributed by atoms with van der Waals surface area (Å²) in [6.07, 6.45) is 0.00259. The van der Waals surface area contributed by atoms with Crippen molar-refractivity contribution >= 4 is 22.0 Å². The molecule has 4 rings (SSSR count). The molecule has 0 N–H and O–H groups in total. The molecule has 2 aromatic rings. The van der Waals surface area contributed by atoms with E-state index in [9.17, 15) is 18.0 Å². The van der Waals surface area contributed by atoms with Crippen LogP contribution >= 0.6 is 0 Å². The van der Waals surface area contributed by atoms with E-state index in [1.54, 1.807) is 0 Å². The maximum atomic E-state index is 13.1. The molecule has 0 spiro atoms. The third-order valence-corrected chi connectivity index (χ3v) is 6.78. The maximum Gasteiger partial charge on any atom is 0.347 e. The van der Waals surface area contributed by atoms with Crippen molar-refractivity contribution < 1.29 is 27.5 Å². The minimum absolute atomic E-state index is 0.0235. The first-order valence-corrected chi connectivity index (χ1v) is 10.4. The highest BCUT2D eigenvalue weighted by molar-refractivity contribution is 7.89. The molecule has 28 heavy (non-hydrogen) atoms. The lowest BCUT2D eigenvalue weighted by Crippen LogP contribution is -2.36. The summed E-state index contributed by atoms with van der Waals surface area (Å²) in [6.45, 7) is 0.880. The van der Waals surface area contributed by atoms with Gasteiger partial charge in [0.05, 0.1) is 17.1 Å². The largest absolute Gasteiger partial charge is 0.463 e. The molecule has 0 aromatic heterocycles. The predicted octanol–water partition coefficient (Wildman–Crippen LogP) is 1.91. The molecule has 1 saturated heterocycles. The molecule has 0 bridgehead atoms. The van der Waals surface area contributed by atoms with Gasteiger partial charge in [-0.1, -0.05) is 30.3 Å². The summed E-state index contributed by atoms with van der Waals surface area (Å²) >= 11 is 0. The van der Waals surface area contributed by atoms with Crippen LogP contribution in [0.2, 0.25) is 0 Å². The number of fused-ring (bicyclic) bond motifs is 1. The number of sulfonamides is 1. The van der Waals surface area contributed by atoms with Gasteiger partial charge >= 0.3 is 11.9 Å². The normalized spacial score (nSPS) is 19.7. The molecule has 0 saturated carbocycles. The first-order valence-electron chi connectivity index (χ1n) is 9.00. The molecule has 8 heteroatoms. The van der Waals surface area contributed by atoms with Gasteiger partial charge in [0.25, 0.3) is 0 Å². The Balaban J connectivity index is 1.55. The second kappa shape index (κ2) is 7.37. The first kappa shape index (κ1) is 18.6. The summed E-state index contributed by atoms with van der Waals surface area (Å²) in [5.74, 6) is -1.33. The van der Waals surface area contributed by atoms with Crippen molar-refractivity contribution in [3.05, 3.63) is 65.2 Å². The summed E-state index contributed by atoms with van der Waals surface area (Å²) in [4.78, 5) is 23.8. The molecule has 2 aliphatic rings. The lowest BCUT2D eigenvalue weighted by molar-refractivity contribution is -0.145. The van der Waals surface area contributed by atoms with Gasteiger partial charge in [-0.2, -0.15) is 4.31 Å². The van der Waals surface area contributed by atoms with Crippen LogP contribution in [0.25, 0.3) is 0 Å². The summed E-state index contributed by atoms with van der Waals surface area (Å²) in [5.41, 5.74) is 2.21. The number of cyclic esters (lactones) is 1. The average Bonchev–Trinajstić information content (AvgIpc) is 3.12. The minimum Gasteiger partial charge on any atom is -0.463 e. The van der Waals surface area contributed by atoms with Crippen molar-refractivity contribution in [1.82, 2.24) is 4.31 Å². The van der Waals surface area contributed by atoms with Crippen LogP contribution in [-0.2, 0) is 37.3 Å². The Hall–Kier alpha value is -2.71. The molecule has 7 nitrogen and oxygen atoms in total. The zero-order valence-corrected chi connectivity index (χ0v) is 15.9. The lowest BCUT2D eigenvalue weighted by atomic mass is 10.0. The molecule has 2 aliphatic heterocycles. The molecular formula is C20H19NO6S. The number of nitrogens with zero attached hydrogens (tertiary/aromatic N) is 1. The maximum absolute atomic E-state index is 13.1. The van der Waals surface area contributed by atoms with Crippen LogP contribution in [0.5, 0.6) is 0 Å². The third kappa shape index (κ3) is 3.53. The molecular weight excluding hydrogens is 382 g/mol. The van der Waals surface area contributed by atoms with Crippen LogP contribution in [0, 0.1) is 0 Å². The SMILES string of the molecule is O=C(O[C@@H]1CCOC1=O)c1cccc(S(=O)(=O)N2CCc3ccccc3C2)c1. The van der Waals surface area contributed by atoms with E-state index >= 15 is 0 Å². The van der Waals surface area contributed by atoms with Gasteiger partial charge in [0.2, 0.25) is 16.1 Å². The highest BCUT2D eigenvalue weighted by Gasteiger charge is 2.32. The Kier molecular flexibility index (Phi) is 4.91. The van der Waals surface area contributed by atoms with Crippen molar-refractivity contribution in [2.75, 3.05) is 13.2 Å². The Bertz CT molecular complexity index is 1030. The monoisotopic (exact) mass is 401 g/mol. The molecule has 0 aliphatic carbocycles. The van der Waals surface area contributed by atoms with E-state index in [0.29, 0.717) is 25.9 Å². The van der Waals surface area contributed by atoms with Crippen molar-refractivity contribution in [1.29, 1.82) is 0 Å². The van der Waals surface area contributed by atoms with Crippen LogP contribution in [0.15, 0.2) is 53.4 Å². The first-order chi connectivity index (χ1) is 13.4. The fraction of sp³-hybridized carbons (Fsp3) is 0.300. The molecule has 2 heterocycles. The van der Waals surface area contributed by atoms with Crippen LogP contribution in [0.3, 0.4) is 0 Å². The fourth-order valence-corrected chi connectivity index (χ4v) is 4.85. The van der Waals surface area contributed by atoms with Gasteiger partial charge in [0, 0.05) is 19.5 Å². The Morgan fingerprint density at radius 3 is 2.64 bits per heavy atom. The van der Waals surface area contributed by atoms with Crippen LogP contribution in [-0.4, -0.2) is 43.9 Å². The van der Waals surface area contributed by atoms with E-state index in [4.69, 9.17) is 9.47 Å². The summed E-state index contributed by atoms with van der Waals surface area (Å²) in [6, 6.07) is 13.5. The van der Waals surface area contributed by atoms with Crippen LogP contribution in [0.4, 0.5) is 0 Å². The number of esters is 2. The molecule has 1 fully saturated rings. The molecule has 0 amide bonds. The van der Waals surface area contributed by atoms with E-state index in [0.717, 1.165) is 11.1 Å². The van der Waals surface area contributed by atoms with Crippen molar-refractivity contribution in [2.45, 2.75) is 30.4 Å². The summed E-state index contributed by atoms with van der Waals surface area (Å²) in [5, 5.41) is 0. The minimum atomic E-state index is -3.76. The van der Waals surface area contributed by atoms with Crippen molar-refractivity contribution in [2.24, 2.45) is 0 Å². The van der Waals surface area contributed by atoms with Gasteiger partial charge in [0.1, 0.15) is 0 Å². The molecule has 0 unspecified atom stereocenters. The second-order valence-electron chi connectivity index (χ2n) is 6.74. The van der Waals surface area contributed by atoms with Gasteiger partial charge in [-0.15, -0.1) is 0 Å². The van der Waals surface area contributed by atoms with Crippen LogP contribution < -0.4 is 0 Å². The van der Waals surface area contributed by atoms with E-state index in [1.165, 1.54) is 28.6 Å². The van der Waals surface area contributed by atoms with E-state index in [-0.39, 0.29) is 17.1 Å². The number of rotatable bonds is 4. The smallest absolute Gasteiger partial charge is 0.347 e. The van der Waals surface area contributed by atoms with Gasteiger partial charge in [-0.05, 0) is 35.7 Å². The number of hydrogen-bond acceptors (Lipinski definition) is 6. The Morgan fingerprint density at radius 2 is 1.89 bits per heavy atom. The summed E-state index contributed by atoms with van der Waals surface area (Å²) in [7, 11) is -3.76. The second-order valence-corrected chi connectivity index (χ2v) is 8.67. The average molecular weight is 401 g/mol. The Morgan fingerprint density at radius 1 is 1.11 bits per heavy atom. The fourth-order valence-electron chi connectivity index (χ4n) is 3.39. The lowest BCUT2D eigenvalue weighted by Gasteiger charge is -2.28. The van der Waals surface area contributed by atoms with Crippen LogP contribution in [0.1, 0.15) is 27.9 Å². The molecule has 146 valence electrons. The zero-order valence-electron chi connectivity index (χ0n) is 15.0. The highest BCUT2D eigenvalue weighted by Crippen LogP contribution is 2.25. The Labute approximate surface area is 162 Å². The van der Waals surface area contributed by atoms with Gasteiger partial charge in [-0.25, -0.2) is 18.0 Å². The number of benzene rings is 2. The standard InChI is InChI=1S/C20H19NO6S/c22-19(27-18-9-11-26-20(18)23)15-6-3-7-17(12-15)28(24,25)21-10-8-14-4-1-2-5-16(14)13-21/h1-7,12,18H,8-11,13H2/t18-/m1/s1. The van der Waals surface area contributed by atoms with E-state index in [2.05, 4.69) is 0 Å². The molecule has 2 aromatic carbocycles. The number of carbonyl (C=O) groups excluding carboxylic acids is 2. The zero-order chi connectivity index (χ0) is 19.7. The summed E-state index contributed by atoms with van der Waals surface area (Å²) < 4.78 is 37.5. The quantitative estimate of drug-likeness (QED) is 0.727. The van der Waals surface area contributed by atoms with E-state index < -0.39 is 28.1 Å². The number of ether oxygens (including phenoxy) is 2. The van der Waals surface area contributed by atoms with Gasteiger partial charge < -0.3 is 9.47 Å². The molecule has 0 radical (unpaired) electrons. The van der Waals surface area contributed by atoms with E-state index in [1.807, 2.05) is 24.3 Å². The van der Waals surface area contributed by atoms with Crippen molar-refractivity contribution in [3.63, 3.8) is 0 Å². The van der Waals surface area contributed by atoms with Gasteiger partial charge in [0.15, 0.2) is 0 Å².